The lowest BCUT2D eigenvalue weighted by molar-refractivity contribution is 1.07. The van der Waals surface area contributed by atoms with E-state index in [0.717, 1.165) is 38.8 Å². The highest BCUT2D eigenvalue weighted by molar-refractivity contribution is 7.26. The third kappa shape index (κ3) is 4.91. The van der Waals surface area contributed by atoms with Gasteiger partial charge in [-0.2, -0.15) is 0 Å². The maximum Gasteiger partial charge on any atom is 0.164 e. The van der Waals surface area contributed by atoms with Gasteiger partial charge in [0.1, 0.15) is 0 Å². The van der Waals surface area contributed by atoms with E-state index >= 15 is 0 Å². The number of fused-ring (bicyclic) bond motifs is 10. The highest BCUT2D eigenvalue weighted by Crippen LogP contribution is 2.46. The fourth-order valence-electron chi connectivity index (χ4n) is 8.67. The van der Waals surface area contributed by atoms with E-state index in [9.17, 15) is 0 Å². The summed E-state index contributed by atoms with van der Waals surface area (Å²) in [4.78, 5) is 15.2. The number of benzene rings is 8. The number of aromatic nitrogens is 5. The van der Waals surface area contributed by atoms with Crippen molar-refractivity contribution in [3.8, 4) is 45.5 Å². The number of hydrogen-bond donors (Lipinski definition) is 0. The zero-order chi connectivity index (χ0) is 37.5. The van der Waals surface area contributed by atoms with E-state index in [0.29, 0.717) is 17.5 Å². The van der Waals surface area contributed by atoms with Gasteiger partial charge < -0.3 is 9.13 Å². The van der Waals surface area contributed by atoms with Crippen LogP contribution in [0.3, 0.4) is 0 Å². The minimum atomic E-state index is 0.640. The Morgan fingerprint density at radius 1 is 0.351 bits per heavy atom. The third-order valence-corrected chi connectivity index (χ3v) is 12.4. The van der Waals surface area contributed by atoms with Gasteiger partial charge in [-0.25, -0.2) is 15.0 Å². The molecule has 5 nitrogen and oxygen atoms in total. The summed E-state index contributed by atoms with van der Waals surface area (Å²) >= 11 is 1.87. The first kappa shape index (κ1) is 31.9. The highest BCUT2D eigenvalue weighted by Gasteiger charge is 2.22. The Labute approximate surface area is 331 Å². The van der Waals surface area contributed by atoms with Crippen molar-refractivity contribution in [3.05, 3.63) is 188 Å². The lowest BCUT2D eigenvalue weighted by atomic mass is 10.0. The molecule has 266 valence electrons. The van der Waals surface area contributed by atoms with Gasteiger partial charge in [-0.1, -0.05) is 127 Å². The number of nitrogens with zero attached hydrogens (tertiary/aromatic N) is 5. The summed E-state index contributed by atoms with van der Waals surface area (Å²) in [5.41, 5.74) is 9.86. The minimum Gasteiger partial charge on any atom is -0.309 e. The predicted molar refractivity (Wildman–Crippen MR) is 238 cm³/mol. The largest absolute Gasteiger partial charge is 0.309 e. The summed E-state index contributed by atoms with van der Waals surface area (Å²) in [5.74, 6) is 1.94. The predicted octanol–water partition coefficient (Wildman–Crippen LogP) is 13.4. The third-order valence-electron chi connectivity index (χ3n) is 11.2. The van der Waals surface area contributed by atoms with Gasteiger partial charge in [0, 0.05) is 59.4 Å². The van der Waals surface area contributed by atoms with Gasteiger partial charge in [0.15, 0.2) is 17.5 Å². The molecule has 0 saturated carbocycles. The summed E-state index contributed by atoms with van der Waals surface area (Å²) in [7, 11) is 0. The summed E-state index contributed by atoms with van der Waals surface area (Å²) < 4.78 is 7.36. The number of para-hydroxylation sites is 3. The fraction of sp³-hybridized carbons (Fsp3) is 0. The second kappa shape index (κ2) is 12.6. The molecule has 0 radical (unpaired) electrons. The van der Waals surface area contributed by atoms with Gasteiger partial charge in [0.25, 0.3) is 0 Å². The molecule has 0 unspecified atom stereocenters. The van der Waals surface area contributed by atoms with Gasteiger partial charge in [-0.3, -0.25) is 0 Å². The second-order valence-electron chi connectivity index (χ2n) is 14.4. The molecule has 4 aromatic heterocycles. The number of rotatable bonds is 5. The molecule has 0 fully saturated rings. The highest BCUT2D eigenvalue weighted by atomic mass is 32.1. The zero-order valence-electron chi connectivity index (χ0n) is 30.5. The fourth-order valence-corrected chi connectivity index (χ4v) is 9.89. The average molecular weight is 746 g/mol. The standard InChI is InChI=1S/C51H31N5S/c1-4-15-32(16-5-1)49-52-50(33-17-6-2-7-18-33)54-51(53-49)34-27-28-42-39(31-34)46-43(55(42)35-19-8-3-9-20-35)29-30-45-47(46)38-23-14-26-44(48(38)57-45)56-40-24-12-10-21-36(40)37-22-11-13-25-41(37)56/h1-31H. The number of hydrogen-bond acceptors (Lipinski definition) is 4. The van der Waals surface area contributed by atoms with Crippen molar-refractivity contribution in [3.63, 3.8) is 0 Å². The van der Waals surface area contributed by atoms with Crippen LogP contribution in [-0.2, 0) is 0 Å². The monoisotopic (exact) mass is 745 g/mol. The van der Waals surface area contributed by atoms with Gasteiger partial charge in [-0.15, -0.1) is 11.3 Å². The van der Waals surface area contributed by atoms with E-state index in [1.807, 2.05) is 47.7 Å². The summed E-state index contributed by atoms with van der Waals surface area (Å²) in [6.45, 7) is 0. The maximum absolute atomic E-state index is 5.11. The first-order valence-corrected chi connectivity index (χ1v) is 19.9. The van der Waals surface area contributed by atoms with E-state index < -0.39 is 0 Å². The quantitative estimate of drug-likeness (QED) is 0.176. The van der Waals surface area contributed by atoms with Crippen molar-refractivity contribution in [1.29, 1.82) is 0 Å². The summed E-state index contributed by atoms with van der Waals surface area (Å²) in [6.07, 6.45) is 0. The molecule has 0 bridgehead atoms. The molecule has 0 spiro atoms. The second-order valence-corrected chi connectivity index (χ2v) is 15.5. The van der Waals surface area contributed by atoms with Crippen molar-refractivity contribution in [1.82, 2.24) is 24.1 Å². The molecule has 0 atom stereocenters. The molecule has 0 aliphatic carbocycles. The van der Waals surface area contributed by atoms with Gasteiger partial charge >= 0.3 is 0 Å². The van der Waals surface area contributed by atoms with Crippen LogP contribution in [0.15, 0.2) is 188 Å². The molecule has 0 N–H and O–H groups in total. The van der Waals surface area contributed by atoms with Crippen LogP contribution in [0.1, 0.15) is 0 Å². The van der Waals surface area contributed by atoms with Gasteiger partial charge in [0.05, 0.1) is 32.5 Å². The molecule has 6 heteroatoms. The van der Waals surface area contributed by atoms with Crippen LogP contribution in [0.25, 0.3) is 109 Å². The first-order valence-electron chi connectivity index (χ1n) is 19.1. The smallest absolute Gasteiger partial charge is 0.164 e. The van der Waals surface area contributed by atoms with Gasteiger partial charge in [0.2, 0.25) is 0 Å². The van der Waals surface area contributed by atoms with Crippen molar-refractivity contribution in [2.45, 2.75) is 0 Å². The lowest BCUT2D eigenvalue weighted by Crippen LogP contribution is -2.00. The van der Waals surface area contributed by atoms with E-state index in [1.165, 1.54) is 53.1 Å². The van der Waals surface area contributed by atoms with E-state index in [1.54, 1.807) is 0 Å². The van der Waals surface area contributed by atoms with Crippen LogP contribution in [-0.4, -0.2) is 24.1 Å². The molecule has 12 aromatic rings. The Bertz CT molecular complexity index is 3400. The van der Waals surface area contributed by atoms with Gasteiger partial charge in [-0.05, 0) is 60.7 Å². The Balaban J connectivity index is 1.16. The van der Waals surface area contributed by atoms with Crippen LogP contribution in [0.4, 0.5) is 0 Å². The molecule has 0 amide bonds. The molecule has 12 rings (SSSR count). The van der Waals surface area contributed by atoms with E-state index in [4.69, 9.17) is 15.0 Å². The van der Waals surface area contributed by atoms with E-state index in [-0.39, 0.29) is 0 Å². The minimum absolute atomic E-state index is 0.640. The van der Waals surface area contributed by atoms with Crippen molar-refractivity contribution < 1.29 is 0 Å². The molecule has 4 heterocycles. The van der Waals surface area contributed by atoms with Crippen LogP contribution in [0.2, 0.25) is 0 Å². The van der Waals surface area contributed by atoms with Crippen molar-refractivity contribution in [2.75, 3.05) is 0 Å². The first-order chi connectivity index (χ1) is 28.3. The summed E-state index contributed by atoms with van der Waals surface area (Å²) in [5, 5.41) is 7.40. The molecule has 0 saturated heterocycles. The molecule has 0 aliphatic rings. The molecular formula is C51H31N5S. The summed E-state index contributed by atoms with van der Waals surface area (Å²) in [6, 6.07) is 66.6. The average Bonchev–Trinajstić information content (AvgIpc) is 3.94. The lowest BCUT2D eigenvalue weighted by Gasteiger charge is -2.09. The van der Waals surface area contributed by atoms with Crippen LogP contribution in [0.5, 0.6) is 0 Å². The van der Waals surface area contributed by atoms with Crippen LogP contribution < -0.4 is 0 Å². The number of thiophene rings is 1. The maximum atomic E-state index is 5.11. The SMILES string of the molecule is c1ccc(-c2nc(-c3ccccc3)nc(-c3ccc4c(c3)c3c5c(ccc3n4-c3ccccc3)sc3c(-n4c6ccccc6c6ccccc64)cccc35)n2)cc1. The van der Waals surface area contributed by atoms with Crippen LogP contribution >= 0.6 is 11.3 Å². The zero-order valence-corrected chi connectivity index (χ0v) is 31.4. The molecule has 8 aromatic carbocycles. The van der Waals surface area contributed by atoms with Crippen molar-refractivity contribution >= 4 is 75.1 Å². The Morgan fingerprint density at radius 2 is 0.877 bits per heavy atom. The Kier molecular flexibility index (Phi) is 7.03. The Hall–Kier alpha value is -7.41. The van der Waals surface area contributed by atoms with Crippen molar-refractivity contribution in [2.24, 2.45) is 0 Å². The molecule has 0 aliphatic heterocycles. The van der Waals surface area contributed by atoms with E-state index in [2.05, 4.69) is 161 Å². The normalized spacial score (nSPS) is 11.9. The topological polar surface area (TPSA) is 48.5 Å². The molecule has 57 heavy (non-hydrogen) atoms. The van der Waals surface area contributed by atoms with Crippen LogP contribution in [0, 0.1) is 0 Å². The molecular weight excluding hydrogens is 715 g/mol. The Morgan fingerprint density at radius 3 is 1.53 bits per heavy atom.